The average molecular weight is 1120 g/mol. The molecule has 0 bridgehead atoms. The molecule has 0 spiro atoms. The Labute approximate surface area is 407 Å². The molecule has 0 radical (unpaired) electrons. The first kappa shape index (κ1) is 54.5. The van der Waals surface area contributed by atoms with Crippen molar-refractivity contribution < 1.29 is 26.0 Å². The highest BCUT2D eigenvalue weighted by Crippen LogP contribution is 2.49. The molecule has 4 rings (SSSR count). The zero-order valence-electron chi connectivity index (χ0n) is 40.5. The second-order valence-electron chi connectivity index (χ2n) is 21.4. The maximum Gasteiger partial charge on any atom is 0.314 e. The predicted octanol–water partition coefficient (Wildman–Crippen LogP) is 15.4. The molecule has 18 heteroatoms. The molecule has 2 aliphatic heterocycles. The number of hydrogen-bond acceptors (Lipinski definition) is 8. The fourth-order valence-electron chi connectivity index (χ4n) is 8.90. The molecular formula is C44H78Br2N2O6S2Si6. The van der Waals surface area contributed by atoms with E-state index in [2.05, 4.69) is 124 Å². The van der Waals surface area contributed by atoms with E-state index in [1.807, 2.05) is 34.1 Å². The van der Waals surface area contributed by atoms with Gasteiger partial charge in [-0.05, 0) is 173 Å². The molecule has 62 heavy (non-hydrogen) atoms. The van der Waals surface area contributed by atoms with Crippen molar-refractivity contribution in [3.8, 4) is 0 Å². The second-order valence-corrected chi connectivity index (χ2v) is 52.1. The summed E-state index contributed by atoms with van der Waals surface area (Å²) in [4.78, 5) is 35.1. The van der Waals surface area contributed by atoms with E-state index in [-0.39, 0.29) is 11.8 Å². The van der Waals surface area contributed by atoms with Gasteiger partial charge in [-0.3, -0.25) is 9.59 Å². The molecule has 0 saturated heterocycles. The Kier molecular flexibility index (Phi) is 20.1. The third kappa shape index (κ3) is 17.2. The number of fused-ring (bicyclic) bond motifs is 1. The monoisotopic (exact) mass is 1120 g/mol. The Bertz CT molecular complexity index is 1730. The summed E-state index contributed by atoms with van der Waals surface area (Å²) in [7, 11) is -11.2. The Morgan fingerprint density at radius 1 is 0.435 bits per heavy atom. The highest BCUT2D eigenvalue weighted by molar-refractivity contribution is 9.11. The molecule has 0 unspecified atom stereocenters. The Morgan fingerprint density at radius 3 is 0.968 bits per heavy atom. The van der Waals surface area contributed by atoms with Gasteiger partial charge in [0.1, 0.15) is 0 Å². The highest BCUT2D eigenvalue weighted by Gasteiger charge is 2.49. The fourth-order valence-corrected chi connectivity index (χ4v) is 37.0. The number of nitrogens with zero attached hydrogens (tertiary/aromatic N) is 2. The minimum atomic E-state index is -2.21. The van der Waals surface area contributed by atoms with Gasteiger partial charge in [0.05, 0.1) is 39.9 Å². The minimum Gasteiger partial charge on any atom is -0.437 e. The molecular weight excluding hydrogens is 1040 g/mol. The van der Waals surface area contributed by atoms with Gasteiger partial charge in [-0.1, -0.05) is 64.2 Å². The number of amides is 2. The fraction of sp³-hybridized carbons (Fsp3) is 0.682. The second kappa shape index (κ2) is 22.8. The van der Waals surface area contributed by atoms with Gasteiger partial charge in [-0.25, -0.2) is 0 Å². The van der Waals surface area contributed by atoms with Crippen LogP contribution in [0.2, 0.25) is 104 Å². The van der Waals surface area contributed by atoms with Gasteiger partial charge >= 0.3 is 17.1 Å². The summed E-state index contributed by atoms with van der Waals surface area (Å²) < 4.78 is 28.9. The first-order valence-electron chi connectivity index (χ1n) is 23.0. The lowest BCUT2D eigenvalue weighted by Crippen LogP contribution is -2.52. The van der Waals surface area contributed by atoms with E-state index in [9.17, 15) is 9.59 Å². The zero-order valence-corrected chi connectivity index (χ0v) is 51.3. The van der Waals surface area contributed by atoms with E-state index in [0.29, 0.717) is 24.2 Å². The van der Waals surface area contributed by atoms with Crippen LogP contribution in [0.1, 0.15) is 86.8 Å². The van der Waals surface area contributed by atoms with Gasteiger partial charge in [0.2, 0.25) is 0 Å². The van der Waals surface area contributed by atoms with Crippen molar-refractivity contribution in [1.82, 2.24) is 9.80 Å². The molecule has 4 heterocycles. The van der Waals surface area contributed by atoms with Crippen LogP contribution in [-0.2, 0) is 26.0 Å². The molecule has 0 aromatic carbocycles. The van der Waals surface area contributed by atoms with E-state index in [0.717, 1.165) is 118 Å². The third-order valence-corrected chi connectivity index (χ3v) is 32.9. The van der Waals surface area contributed by atoms with Crippen LogP contribution in [0, 0.1) is 0 Å². The summed E-state index contributed by atoms with van der Waals surface area (Å²) >= 11 is 10.5. The topological polar surface area (TPSA) is 77.5 Å². The first-order valence-corrected chi connectivity index (χ1v) is 44.9. The van der Waals surface area contributed by atoms with Crippen LogP contribution in [-0.4, -0.2) is 85.1 Å². The summed E-state index contributed by atoms with van der Waals surface area (Å²) in [6.45, 7) is 33.0. The van der Waals surface area contributed by atoms with Gasteiger partial charge in [0, 0.05) is 13.1 Å². The Balaban J connectivity index is 1.38. The van der Waals surface area contributed by atoms with E-state index in [1.165, 1.54) is 0 Å². The summed E-state index contributed by atoms with van der Waals surface area (Å²) in [6.07, 6.45) is 13.0. The van der Waals surface area contributed by atoms with Gasteiger partial charge in [-0.15, -0.1) is 22.7 Å². The smallest absolute Gasteiger partial charge is 0.314 e. The average Bonchev–Trinajstić information content (AvgIpc) is 3.84. The number of hydrogen-bond donors (Lipinski definition) is 0. The lowest BCUT2D eigenvalue weighted by molar-refractivity contribution is -0.124. The molecule has 2 aromatic heterocycles. The maximum atomic E-state index is 14.7. The van der Waals surface area contributed by atoms with Gasteiger partial charge < -0.3 is 26.3 Å². The predicted molar refractivity (Wildman–Crippen MR) is 287 cm³/mol. The molecule has 0 aliphatic carbocycles. The zero-order chi connectivity index (χ0) is 46.3. The maximum absolute atomic E-state index is 14.7. The summed E-state index contributed by atoms with van der Waals surface area (Å²) in [5.41, 5.74) is 2.71. The molecule has 0 atom stereocenters. The van der Waals surface area contributed by atoms with Crippen LogP contribution < -0.4 is 0 Å². The number of carbonyl (C=O) groups is 2. The summed E-state index contributed by atoms with van der Waals surface area (Å²) in [5.74, 6) is -0.0913. The van der Waals surface area contributed by atoms with E-state index >= 15 is 0 Å². The quantitative estimate of drug-likeness (QED) is 0.0624. The molecule has 0 fully saturated rings. The van der Waals surface area contributed by atoms with Crippen molar-refractivity contribution in [3.05, 3.63) is 52.7 Å². The number of halogens is 2. The third-order valence-electron chi connectivity index (χ3n) is 10.4. The summed E-state index contributed by atoms with van der Waals surface area (Å²) in [5, 5.41) is 0. The van der Waals surface area contributed by atoms with Crippen LogP contribution in [0.5, 0.6) is 0 Å². The van der Waals surface area contributed by atoms with E-state index < -0.39 is 50.4 Å². The van der Waals surface area contributed by atoms with Crippen LogP contribution in [0.15, 0.2) is 43.0 Å². The van der Waals surface area contributed by atoms with E-state index in [1.54, 1.807) is 22.7 Å². The summed E-state index contributed by atoms with van der Waals surface area (Å²) in [6, 6.07) is 10.2. The van der Waals surface area contributed by atoms with Crippen molar-refractivity contribution in [3.63, 3.8) is 0 Å². The molecule has 2 amide bonds. The van der Waals surface area contributed by atoms with Crippen molar-refractivity contribution >= 4 is 128 Å². The minimum absolute atomic E-state index is 0.0456. The standard InChI is InChI=1S/C44H78Br2N2O6S2Si6/c1-57(2,3)51-61(13,52-58(4,5)6)33-25-21-17-15-19-23-31-47-41(35-27-29-37(45)55-35)39-40(43(47)49)42(36-28-30-38(46)56-36)48(44(39)50)32-24-20-16-18-22-26-34-62(14,53-59(7,8)9)54-60(10,11)12/h27-30H,15-26,31-34H2,1-14H3. The van der Waals surface area contributed by atoms with Crippen LogP contribution in [0.25, 0.3) is 11.4 Å². The van der Waals surface area contributed by atoms with Crippen LogP contribution >= 0.6 is 54.5 Å². The number of thiophene rings is 2. The molecule has 350 valence electrons. The lowest BCUT2D eigenvalue weighted by atomic mass is 10.1. The van der Waals surface area contributed by atoms with Gasteiger partial charge in [-0.2, -0.15) is 0 Å². The number of rotatable bonds is 28. The first-order chi connectivity index (χ1) is 28.6. The number of unbranched alkanes of at least 4 members (excludes halogenated alkanes) is 10. The largest absolute Gasteiger partial charge is 0.437 e. The molecule has 2 aromatic rings. The molecule has 0 saturated carbocycles. The molecule has 2 aliphatic rings. The SMILES string of the molecule is C[Si](C)(C)O[Si](C)(CCCCCCCCN1C(=O)C2=C(c3ccc(Br)s3)N(CCCCCCCC[Si](C)(O[Si](C)(C)C)O[Si](C)(C)C)C(=O)C2=C1c1ccc(Br)s1)O[Si](C)(C)C. The lowest BCUT2D eigenvalue weighted by Gasteiger charge is -2.38. The van der Waals surface area contributed by atoms with Crippen molar-refractivity contribution in [1.29, 1.82) is 0 Å². The molecule has 0 N–H and O–H groups in total. The van der Waals surface area contributed by atoms with Crippen molar-refractivity contribution in [2.24, 2.45) is 0 Å². The van der Waals surface area contributed by atoms with Crippen LogP contribution in [0.3, 0.4) is 0 Å². The van der Waals surface area contributed by atoms with Crippen molar-refractivity contribution in [2.75, 3.05) is 13.1 Å². The van der Waals surface area contributed by atoms with Gasteiger partial charge in [0.15, 0.2) is 33.3 Å². The Morgan fingerprint density at radius 2 is 0.710 bits per heavy atom. The van der Waals surface area contributed by atoms with Crippen LogP contribution in [0.4, 0.5) is 0 Å². The van der Waals surface area contributed by atoms with Gasteiger partial charge in [0.25, 0.3) is 11.8 Å². The molecule has 8 nitrogen and oxygen atoms in total. The highest BCUT2D eigenvalue weighted by atomic mass is 79.9. The number of carbonyl (C=O) groups excluding carboxylic acids is 2. The Hall–Kier alpha value is -0.0787. The van der Waals surface area contributed by atoms with E-state index in [4.69, 9.17) is 16.5 Å². The van der Waals surface area contributed by atoms with Crippen molar-refractivity contribution in [2.45, 2.75) is 181 Å². The normalized spacial score (nSPS) is 15.9.